The Kier molecular flexibility index (Phi) is 5.96. The third kappa shape index (κ3) is 4.04. The molecule has 2 amide bonds. The van der Waals surface area contributed by atoms with Crippen molar-refractivity contribution in [1.29, 1.82) is 0 Å². The summed E-state index contributed by atoms with van der Waals surface area (Å²) in [5, 5.41) is 0. The third-order valence-corrected chi connectivity index (χ3v) is 7.29. The summed E-state index contributed by atoms with van der Waals surface area (Å²) in [5.41, 5.74) is 3.24. The van der Waals surface area contributed by atoms with Gasteiger partial charge in [0.2, 0.25) is 5.91 Å². The van der Waals surface area contributed by atoms with Gasteiger partial charge in [0.05, 0.1) is 23.7 Å². The van der Waals surface area contributed by atoms with Crippen molar-refractivity contribution in [2.24, 2.45) is 0 Å². The van der Waals surface area contributed by atoms with Gasteiger partial charge in [-0.25, -0.2) is 0 Å². The number of likely N-dealkylation sites (tertiary alicyclic amines) is 2. The lowest BCUT2D eigenvalue weighted by Crippen LogP contribution is -2.48. The van der Waals surface area contributed by atoms with Gasteiger partial charge in [0.1, 0.15) is 0 Å². The number of carbonyl (C=O) groups is 2. The number of aryl methyl sites for hydroxylation is 1. The van der Waals surface area contributed by atoms with Crippen LogP contribution in [0.1, 0.15) is 66.2 Å². The molecule has 6 heteroatoms. The van der Waals surface area contributed by atoms with Gasteiger partial charge >= 0.3 is 0 Å². The lowest BCUT2D eigenvalue weighted by atomic mass is 9.99. The number of piperidine rings is 2. The molecule has 0 saturated carbocycles. The van der Waals surface area contributed by atoms with Crippen LogP contribution >= 0.6 is 0 Å². The molecule has 0 bridgehead atoms. The Morgan fingerprint density at radius 1 is 1.03 bits per heavy atom. The zero-order valence-electron chi connectivity index (χ0n) is 18.9. The van der Waals surface area contributed by atoms with Crippen molar-refractivity contribution < 1.29 is 9.59 Å². The molecule has 5 rings (SSSR count). The second kappa shape index (κ2) is 9.02. The Bertz CT molecular complexity index is 993. The fraction of sp³-hybridized carbons (Fsp3) is 0.500. The number of rotatable bonds is 4. The van der Waals surface area contributed by atoms with E-state index < -0.39 is 0 Å². The molecule has 2 fully saturated rings. The van der Waals surface area contributed by atoms with E-state index in [0.29, 0.717) is 11.6 Å². The van der Waals surface area contributed by atoms with Gasteiger partial charge < -0.3 is 9.80 Å². The third-order valence-electron chi connectivity index (χ3n) is 7.29. The molecular formula is C26H32N4O2. The van der Waals surface area contributed by atoms with E-state index in [2.05, 4.69) is 9.88 Å². The molecule has 0 unspecified atom stereocenters. The molecule has 3 aliphatic heterocycles. The smallest absolute Gasteiger partial charge is 0.260 e. The molecule has 2 saturated heterocycles. The van der Waals surface area contributed by atoms with E-state index in [1.807, 2.05) is 42.2 Å². The summed E-state index contributed by atoms with van der Waals surface area (Å²) in [4.78, 5) is 37.5. The fourth-order valence-electron chi connectivity index (χ4n) is 5.58. The van der Waals surface area contributed by atoms with E-state index in [-0.39, 0.29) is 24.3 Å². The predicted octanol–water partition coefficient (Wildman–Crippen LogP) is 3.96. The van der Waals surface area contributed by atoms with Crippen molar-refractivity contribution in [3.05, 3.63) is 59.4 Å². The molecule has 2 aromatic rings. The molecule has 6 nitrogen and oxygen atoms in total. The van der Waals surface area contributed by atoms with E-state index in [1.165, 1.54) is 32.4 Å². The number of amides is 2. The topological polar surface area (TPSA) is 56.8 Å². The summed E-state index contributed by atoms with van der Waals surface area (Å²) in [6, 6.07) is 11.8. The van der Waals surface area contributed by atoms with Crippen LogP contribution in [0.3, 0.4) is 0 Å². The lowest BCUT2D eigenvalue weighted by molar-refractivity contribution is -0.133. The van der Waals surface area contributed by atoms with Crippen molar-refractivity contribution in [2.45, 2.75) is 57.5 Å². The van der Waals surface area contributed by atoms with E-state index in [9.17, 15) is 9.59 Å². The van der Waals surface area contributed by atoms with Crippen LogP contribution in [0.4, 0.5) is 5.69 Å². The highest BCUT2D eigenvalue weighted by Gasteiger charge is 2.41. The van der Waals surface area contributed by atoms with Gasteiger partial charge in [0, 0.05) is 31.0 Å². The minimum atomic E-state index is -0.354. The summed E-state index contributed by atoms with van der Waals surface area (Å²) in [6.45, 7) is 6.04. The van der Waals surface area contributed by atoms with Crippen LogP contribution in [-0.4, -0.2) is 58.8 Å². The average Bonchev–Trinajstić information content (AvgIpc) is 3.11. The normalized spacial score (nSPS) is 22.3. The highest BCUT2D eigenvalue weighted by molar-refractivity contribution is 6.11. The summed E-state index contributed by atoms with van der Waals surface area (Å²) < 4.78 is 0. The van der Waals surface area contributed by atoms with Gasteiger partial charge in [0.15, 0.2) is 0 Å². The predicted molar refractivity (Wildman–Crippen MR) is 125 cm³/mol. The molecule has 0 N–H and O–H groups in total. The lowest BCUT2D eigenvalue weighted by Gasteiger charge is -2.40. The summed E-state index contributed by atoms with van der Waals surface area (Å²) in [5.74, 6) is 0.0522. The Hall–Kier alpha value is -2.73. The van der Waals surface area contributed by atoms with Crippen molar-refractivity contribution >= 4 is 17.5 Å². The molecule has 1 aromatic carbocycles. The summed E-state index contributed by atoms with van der Waals surface area (Å²) in [6.07, 6.45) is 8.04. The zero-order chi connectivity index (χ0) is 22.1. The van der Waals surface area contributed by atoms with Gasteiger partial charge in [-0.15, -0.1) is 0 Å². The molecule has 3 aliphatic rings. The minimum absolute atomic E-state index is 0.0692. The number of carbonyl (C=O) groups excluding carboxylic acids is 2. The van der Waals surface area contributed by atoms with Crippen molar-refractivity contribution in [3.8, 4) is 0 Å². The Morgan fingerprint density at radius 3 is 2.56 bits per heavy atom. The Labute approximate surface area is 190 Å². The highest BCUT2D eigenvalue weighted by Crippen LogP contribution is 2.39. The maximum atomic E-state index is 13.3. The van der Waals surface area contributed by atoms with Crippen LogP contribution in [-0.2, 0) is 4.79 Å². The van der Waals surface area contributed by atoms with E-state index in [4.69, 9.17) is 0 Å². The van der Waals surface area contributed by atoms with Crippen LogP contribution in [0.2, 0.25) is 0 Å². The molecule has 1 aromatic heterocycles. The number of benzene rings is 1. The highest BCUT2D eigenvalue weighted by atomic mass is 16.2. The van der Waals surface area contributed by atoms with E-state index >= 15 is 0 Å². The first-order valence-electron chi connectivity index (χ1n) is 12.0. The summed E-state index contributed by atoms with van der Waals surface area (Å²) in [7, 11) is 0. The second-order valence-corrected chi connectivity index (χ2v) is 9.38. The second-order valence-electron chi connectivity index (χ2n) is 9.38. The fourth-order valence-corrected chi connectivity index (χ4v) is 5.58. The quantitative estimate of drug-likeness (QED) is 0.734. The maximum absolute atomic E-state index is 13.3. The number of hydrogen-bond acceptors (Lipinski definition) is 4. The number of aromatic nitrogens is 1. The van der Waals surface area contributed by atoms with Gasteiger partial charge in [-0.05, 0) is 75.5 Å². The molecule has 0 spiro atoms. The standard InChI is InChI=1S/C26H32N4O2/c1-19-7-5-8-21(17-19)30-23(25-22(26(30)32)9-6-12-27-25)18-24(31)29-15-10-20(11-16-29)28-13-3-2-4-14-28/h5-9,12,17,20,23H,2-4,10-11,13-16,18H2,1H3/t23-/m0/s1. The van der Waals surface area contributed by atoms with Crippen LogP contribution in [0.15, 0.2) is 42.6 Å². The van der Waals surface area contributed by atoms with Crippen LogP contribution in [0.25, 0.3) is 0 Å². The molecule has 0 radical (unpaired) electrons. The molecular weight excluding hydrogens is 400 g/mol. The van der Waals surface area contributed by atoms with Crippen molar-refractivity contribution in [1.82, 2.24) is 14.8 Å². The largest absolute Gasteiger partial charge is 0.343 e. The molecule has 0 aliphatic carbocycles. The number of nitrogens with zero attached hydrogens (tertiary/aromatic N) is 4. The number of anilines is 1. The van der Waals surface area contributed by atoms with E-state index in [0.717, 1.165) is 42.9 Å². The van der Waals surface area contributed by atoms with Gasteiger partial charge in [-0.1, -0.05) is 18.6 Å². The summed E-state index contributed by atoms with van der Waals surface area (Å²) >= 11 is 0. The van der Waals surface area contributed by atoms with Crippen LogP contribution < -0.4 is 4.90 Å². The Morgan fingerprint density at radius 2 is 1.81 bits per heavy atom. The SMILES string of the molecule is Cc1cccc(N2C(=O)c3cccnc3[C@@H]2CC(=O)N2CCC(N3CCCCC3)CC2)c1. The monoisotopic (exact) mass is 432 g/mol. The van der Waals surface area contributed by atoms with Crippen LogP contribution in [0.5, 0.6) is 0 Å². The van der Waals surface area contributed by atoms with Gasteiger partial charge in [-0.3, -0.25) is 19.5 Å². The Balaban J connectivity index is 1.31. The van der Waals surface area contributed by atoms with Crippen molar-refractivity contribution in [2.75, 3.05) is 31.1 Å². The van der Waals surface area contributed by atoms with E-state index in [1.54, 1.807) is 17.2 Å². The van der Waals surface area contributed by atoms with Crippen LogP contribution in [0, 0.1) is 6.92 Å². The number of pyridine rings is 1. The molecule has 4 heterocycles. The molecule has 1 atom stereocenters. The zero-order valence-corrected chi connectivity index (χ0v) is 18.9. The first-order chi connectivity index (χ1) is 15.6. The van der Waals surface area contributed by atoms with Crippen molar-refractivity contribution in [3.63, 3.8) is 0 Å². The molecule has 168 valence electrons. The number of fused-ring (bicyclic) bond motifs is 1. The minimum Gasteiger partial charge on any atom is -0.343 e. The first kappa shape index (κ1) is 21.1. The average molecular weight is 433 g/mol. The first-order valence-corrected chi connectivity index (χ1v) is 12.0. The molecule has 32 heavy (non-hydrogen) atoms. The van der Waals surface area contributed by atoms with Gasteiger partial charge in [0.25, 0.3) is 5.91 Å². The van der Waals surface area contributed by atoms with Gasteiger partial charge in [-0.2, -0.15) is 0 Å². The number of hydrogen-bond donors (Lipinski definition) is 0. The maximum Gasteiger partial charge on any atom is 0.260 e.